The lowest BCUT2D eigenvalue weighted by atomic mass is 10.0. The number of aldehydes is 1. The Bertz CT molecular complexity index is 351. The molecule has 0 saturated heterocycles. The van der Waals surface area contributed by atoms with Gasteiger partial charge in [0.2, 0.25) is 0 Å². The van der Waals surface area contributed by atoms with Crippen LogP contribution in [-0.4, -0.2) is 126 Å². The Hall–Kier alpha value is -1.06. The van der Waals surface area contributed by atoms with E-state index in [1.165, 1.54) is 0 Å². The molecular weight excluding hydrogens is 336 g/mol. The van der Waals surface area contributed by atoms with Gasteiger partial charge in [-0.25, -0.2) is 0 Å². The number of ketones is 1. The maximum Gasteiger partial charge on any atom is 0.189 e. The summed E-state index contributed by atoms with van der Waals surface area (Å²) in [7, 11) is 0. The van der Waals surface area contributed by atoms with Gasteiger partial charge in [-0.1, -0.05) is 0 Å². The number of hydrogen-bond acceptors (Lipinski definition) is 12. The third-order valence-electron chi connectivity index (χ3n) is 2.81. The summed E-state index contributed by atoms with van der Waals surface area (Å²) >= 11 is 0. The van der Waals surface area contributed by atoms with Crippen molar-refractivity contribution in [1.29, 1.82) is 0 Å². The minimum absolute atomic E-state index is 0.0258. The lowest BCUT2D eigenvalue weighted by Gasteiger charge is -2.22. The molecule has 144 valence electrons. The van der Waals surface area contributed by atoms with Crippen molar-refractivity contribution in [2.45, 2.75) is 42.7 Å². The molecule has 24 heavy (non-hydrogen) atoms. The number of aliphatic hydroxyl groups is 10. The fourth-order valence-electron chi connectivity index (χ4n) is 1.22. The summed E-state index contributed by atoms with van der Waals surface area (Å²) < 4.78 is 0. The monoisotopic (exact) mass is 360 g/mol. The van der Waals surface area contributed by atoms with Gasteiger partial charge in [0.25, 0.3) is 0 Å². The SMILES string of the molecule is O=C(CO)[C@@H](O)[C@H](O)[C@H](O)CO.O=C[C@H](O)[C@@H](O)[C@@H](O)[C@H](O)CO. The zero-order chi connectivity index (χ0) is 19.4. The minimum Gasteiger partial charge on any atom is -0.394 e. The highest BCUT2D eigenvalue weighted by Crippen LogP contribution is 2.03. The van der Waals surface area contributed by atoms with Gasteiger partial charge < -0.3 is 55.9 Å². The molecule has 0 radical (unpaired) electrons. The molecule has 0 bridgehead atoms. The molecular formula is C12H24O12. The van der Waals surface area contributed by atoms with Gasteiger partial charge >= 0.3 is 0 Å². The first-order valence-electron chi connectivity index (χ1n) is 6.65. The summed E-state index contributed by atoms with van der Waals surface area (Å²) in [5.74, 6) is -1.00. The summed E-state index contributed by atoms with van der Waals surface area (Å²) in [5.41, 5.74) is 0. The minimum atomic E-state index is -1.86. The van der Waals surface area contributed by atoms with Crippen LogP contribution in [0.1, 0.15) is 0 Å². The van der Waals surface area contributed by atoms with Crippen molar-refractivity contribution < 1.29 is 60.7 Å². The number of aliphatic hydroxyl groups excluding tert-OH is 10. The zero-order valence-electron chi connectivity index (χ0n) is 12.5. The Kier molecular flexibility index (Phi) is 13.9. The van der Waals surface area contributed by atoms with Gasteiger partial charge in [-0.15, -0.1) is 0 Å². The van der Waals surface area contributed by atoms with Crippen molar-refractivity contribution in [2.24, 2.45) is 0 Å². The Morgan fingerprint density at radius 1 is 0.750 bits per heavy atom. The van der Waals surface area contributed by atoms with Crippen molar-refractivity contribution >= 4 is 12.1 Å². The van der Waals surface area contributed by atoms with Gasteiger partial charge in [-0.2, -0.15) is 0 Å². The van der Waals surface area contributed by atoms with Gasteiger partial charge in [0, 0.05) is 0 Å². The van der Waals surface area contributed by atoms with E-state index in [0.717, 1.165) is 0 Å². The van der Waals surface area contributed by atoms with Crippen LogP contribution in [0.5, 0.6) is 0 Å². The predicted molar refractivity (Wildman–Crippen MR) is 74.4 cm³/mol. The van der Waals surface area contributed by atoms with Crippen LogP contribution in [0.25, 0.3) is 0 Å². The highest BCUT2D eigenvalue weighted by Gasteiger charge is 2.30. The van der Waals surface area contributed by atoms with Gasteiger partial charge in [-0.3, -0.25) is 4.79 Å². The molecule has 10 N–H and O–H groups in total. The predicted octanol–water partition coefficient (Wildman–Crippen LogP) is -6.76. The molecule has 0 aromatic heterocycles. The largest absolute Gasteiger partial charge is 0.394 e. The number of Topliss-reactive ketones (excluding diaryl/α,β-unsaturated/α-hetero) is 1. The van der Waals surface area contributed by atoms with Crippen LogP contribution in [0.2, 0.25) is 0 Å². The van der Waals surface area contributed by atoms with E-state index in [0.29, 0.717) is 0 Å². The van der Waals surface area contributed by atoms with Crippen molar-refractivity contribution in [3.63, 3.8) is 0 Å². The smallest absolute Gasteiger partial charge is 0.189 e. The molecule has 0 aromatic rings. The van der Waals surface area contributed by atoms with Crippen LogP contribution in [0, 0.1) is 0 Å². The average Bonchev–Trinajstić information content (AvgIpc) is 2.62. The molecule has 0 aliphatic rings. The topological polar surface area (TPSA) is 236 Å². The number of carbonyl (C=O) groups is 2. The van der Waals surface area contributed by atoms with Crippen LogP contribution < -0.4 is 0 Å². The number of hydrogen-bond donors (Lipinski definition) is 10. The maximum absolute atomic E-state index is 10.5. The summed E-state index contributed by atoms with van der Waals surface area (Å²) in [4.78, 5) is 20.4. The quantitative estimate of drug-likeness (QED) is 0.164. The molecule has 0 aromatic carbocycles. The number of carbonyl (C=O) groups excluding carboxylic acids is 2. The molecule has 0 unspecified atom stereocenters. The van der Waals surface area contributed by atoms with E-state index in [2.05, 4.69) is 0 Å². The molecule has 0 rings (SSSR count). The summed E-state index contributed by atoms with van der Waals surface area (Å²) in [6.45, 7) is -2.45. The van der Waals surface area contributed by atoms with Gasteiger partial charge in [0.05, 0.1) is 13.2 Å². The molecule has 0 aliphatic heterocycles. The van der Waals surface area contributed by atoms with E-state index >= 15 is 0 Å². The Labute approximate surface area is 136 Å². The van der Waals surface area contributed by atoms with Crippen molar-refractivity contribution in [3.8, 4) is 0 Å². The Balaban J connectivity index is 0. The fraction of sp³-hybridized carbons (Fsp3) is 0.833. The van der Waals surface area contributed by atoms with E-state index in [-0.39, 0.29) is 6.29 Å². The number of rotatable bonds is 10. The van der Waals surface area contributed by atoms with E-state index in [4.69, 9.17) is 51.1 Å². The lowest BCUT2D eigenvalue weighted by Crippen LogP contribution is -2.46. The lowest BCUT2D eigenvalue weighted by molar-refractivity contribution is -0.142. The van der Waals surface area contributed by atoms with E-state index < -0.39 is 68.3 Å². The zero-order valence-corrected chi connectivity index (χ0v) is 12.5. The molecule has 0 spiro atoms. The van der Waals surface area contributed by atoms with E-state index in [9.17, 15) is 9.59 Å². The highest BCUT2D eigenvalue weighted by atomic mass is 16.4. The van der Waals surface area contributed by atoms with Crippen LogP contribution in [-0.2, 0) is 9.59 Å². The first-order chi connectivity index (χ1) is 11.1. The summed E-state index contributed by atoms with van der Waals surface area (Å²) in [6.07, 6.45) is -12.1. The first kappa shape index (κ1) is 25.2. The molecule has 0 fully saturated rings. The van der Waals surface area contributed by atoms with Crippen LogP contribution in [0.15, 0.2) is 0 Å². The van der Waals surface area contributed by atoms with Gasteiger partial charge in [-0.05, 0) is 0 Å². The van der Waals surface area contributed by atoms with Gasteiger partial charge in [0.1, 0.15) is 49.3 Å². The third kappa shape index (κ3) is 8.70. The Morgan fingerprint density at radius 2 is 1.17 bits per heavy atom. The molecule has 0 heterocycles. The molecule has 12 heteroatoms. The summed E-state index contributed by atoms with van der Waals surface area (Å²) in [6, 6.07) is 0. The van der Waals surface area contributed by atoms with E-state index in [1.807, 2.05) is 0 Å². The van der Waals surface area contributed by atoms with Crippen molar-refractivity contribution in [3.05, 3.63) is 0 Å². The highest BCUT2D eigenvalue weighted by molar-refractivity contribution is 5.84. The average molecular weight is 360 g/mol. The first-order valence-corrected chi connectivity index (χ1v) is 6.65. The second-order valence-corrected chi connectivity index (χ2v) is 4.67. The van der Waals surface area contributed by atoms with Crippen LogP contribution in [0.3, 0.4) is 0 Å². The Morgan fingerprint density at radius 3 is 1.50 bits per heavy atom. The van der Waals surface area contributed by atoms with Crippen LogP contribution >= 0.6 is 0 Å². The standard InChI is InChI=1S/2C6H12O6/c2*7-1-3(9)5(11)6(12)4(10)2-8/h3,5-9,11-12H,1-2H2;1,3-6,8-12H,2H2/t3-,5-,6-;3-,4+,5+,6-/m10/s1. The molecule has 0 saturated carbocycles. The fourth-order valence-corrected chi connectivity index (χ4v) is 1.22. The van der Waals surface area contributed by atoms with Gasteiger partial charge in [0.15, 0.2) is 12.1 Å². The maximum atomic E-state index is 10.5. The molecule has 0 aliphatic carbocycles. The summed E-state index contributed by atoms with van der Waals surface area (Å²) in [5, 5.41) is 86.6. The molecule has 0 amide bonds. The molecule has 7 atom stereocenters. The van der Waals surface area contributed by atoms with E-state index in [1.54, 1.807) is 0 Å². The van der Waals surface area contributed by atoms with Crippen molar-refractivity contribution in [2.75, 3.05) is 19.8 Å². The molecule has 12 nitrogen and oxygen atoms in total. The van der Waals surface area contributed by atoms with Crippen molar-refractivity contribution in [1.82, 2.24) is 0 Å². The van der Waals surface area contributed by atoms with Crippen LogP contribution in [0.4, 0.5) is 0 Å². The third-order valence-corrected chi connectivity index (χ3v) is 2.81. The normalized spacial score (nSPS) is 19.8. The second kappa shape index (κ2) is 13.3. The second-order valence-electron chi connectivity index (χ2n) is 4.67.